The minimum Gasteiger partial charge on any atom is -0.447 e. The van der Waals surface area contributed by atoms with E-state index in [-0.39, 0.29) is 18.2 Å². The van der Waals surface area contributed by atoms with E-state index in [1.54, 1.807) is 0 Å². The van der Waals surface area contributed by atoms with E-state index in [0.29, 0.717) is 0 Å². The average molecular weight is 314 g/mol. The fraction of sp³-hybridized carbons (Fsp3) is 0.533. The molecule has 0 spiro atoms. The molecular weight excluding hydrogens is 297 g/mol. The number of cyclic esters (lactones) is 1. The highest BCUT2D eigenvalue weighted by atomic mass is 19.4. The number of carbonyl (C=O) groups is 1. The number of hydrogen-bond acceptors (Lipinski definition) is 3. The van der Waals surface area contributed by atoms with Gasteiger partial charge in [-0.25, -0.2) is 4.79 Å². The second-order valence-electron chi connectivity index (χ2n) is 5.98. The lowest BCUT2D eigenvalue weighted by molar-refractivity contribution is -0.137. The molecule has 2 aliphatic rings. The number of ether oxygens (including phenoxy) is 1. The maximum Gasteiger partial charge on any atom is 0.416 e. The first-order chi connectivity index (χ1) is 10.3. The van der Waals surface area contributed by atoms with Gasteiger partial charge in [0.2, 0.25) is 0 Å². The summed E-state index contributed by atoms with van der Waals surface area (Å²) in [7, 11) is 0. The number of anilines is 1. The summed E-state index contributed by atoms with van der Waals surface area (Å²) in [5.41, 5.74) is -1.17. The molecule has 0 saturated carbocycles. The number of nitrogens with zero attached hydrogens (tertiary/aromatic N) is 1. The van der Waals surface area contributed by atoms with Crippen LogP contribution in [-0.2, 0) is 10.9 Å². The van der Waals surface area contributed by atoms with Crippen LogP contribution >= 0.6 is 0 Å². The monoisotopic (exact) mass is 314 g/mol. The molecule has 4 nitrogen and oxygen atoms in total. The molecular formula is C15H17F3N2O2. The van der Waals surface area contributed by atoms with Crippen LogP contribution in [0, 0.1) is 5.92 Å². The van der Waals surface area contributed by atoms with E-state index in [0.717, 1.165) is 31.6 Å². The van der Waals surface area contributed by atoms with Crippen LogP contribution in [0.5, 0.6) is 0 Å². The Kier molecular flexibility index (Phi) is 3.55. The van der Waals surface area contributed by atoms with Crippen molar-refractivity contribution in [2.75, 3.05) is 24.6 Å². The molecule has 1 aromatic carbocycles. The predicted octanol–water partition coefficient (Wildman–Crippen LogP) is 3.03. The number of amides is 1. The van der Waals surface area contributed by atoms with E-state index >= 15 is 0 Å². The lowest BCUT2D eigenvalue weighted by Crippen LogP contribution is -2.51. The molecule has 7 heteroatoms. The standard InChI is InChI=1S/C15H17F3N2O2/c1-14(11-5-6-19-8-11)9-22-13(21)20(14)12-4-2-3-10(7-12)15(16,17)18/h2-4,7,11,19H,5-6,8-9H2,1H3. The predicted molar refractivity (Wildman–Crippen MR) is 74.7 cm³/mol. The summed E-state index contributed by atoms with van der Waals surface area (Å²) in [5, 5.41) is 3.22. The fourth-order valence-corrected chi connectivity index (χ4v) is 3.25. The first-order valence-electron chi connectivity index (χ1n) is 7.17. The van der Waals surface area contributed by atoms with Crippen LogP contribution in [0.25, 0.3) is 0 Å². The zero-order valence-electron chi connectivity index (χ0n) is 12.1. The van der Waals surface area contributed by atoms with E-state index in [2.05, 4.69) is 5.32 Å². The van der Waals surface area contributed by atoms with Crippen LogP contribution < -0.4 is 10.2 Å². The minimum absolute atomic E-state index is 0.147. The highest BCUT2D eigenvalue weighted by molar-refractivity contribution is 5.91. The Hall–Kier alpha value is -1.76. The largest absolute Gasteiger partial charge is 0.447 e. The van der Waals surface area contributed by atoms with Gasteiger partial charge in [0.1, 0.15) is 6.61 Å². The molecule has 0 aliphatic carbocycles. The summed E-state index contributed by atoms with van der Waals surface area (Å²) >= 11 is 0. The van der Waals surface area contributed by atoms with Crippen molar-refractivity contribution in [3.8, 4) is 0 Å². The Balaban J connectivity index is 1.99. The topological polar surface area (TPSA) is 41.6 Å². The summed E-state index contributed by atoms with van der Waals surface area (Å²) in [6, 6.07) is 4.84. The summed E-state index contributed by atoms with van der Waals surface area (Å²) < 4.78 is 43.9. The third-order valence-electron chi connectivity index (χ3n) is 4.55. The summed E-state index contributed by atoms with van der Waals surface area (Å²) in [5.74, 6) is 0.147. The van der Waals surface area contributed by atoms with Crippen LogP contribution in [0.2, 0.25) is 0 Å². The third-order valence-corrected chi connectivity index (χ3v) is 4.55. The maximum atomic E-state index is 12.9. The lowest BCUT2D eigenvalue weighted by atomic mass is 9.84. The Bertz CT molecular complexity index is 584. The Morgan fingerprint density at radius 1 is 1.41 bits per heavy atom. The Labute approximate surface area is 126 Å². The van der Waals surface area contributed by atoms with E-state index < -0.39 is 23.4 Å². The first kappa shape index (κ1) is 15.1. The number of benzene rings is 1. The van der Waals surface area contributed by atoms with Gasteiger partial charge in [0.15, 0.2) is 0 Å². The molecule has 3 rings (SSSR count). The molecule has 2 atom stereocenters. The van der Waals surface area contributed by atoms with Gasteiger partial charge < -0.3 is 10.1 Å². The third kappa shape index (κ3) is 2.43. The van der Waals surface area contributed by atoms with Gasteiger partial charge in [-0.05, 0) is 44.0 Å². The van der Waals surface area contributed by atoms with Gasteiger partial charge in [-0.15, -0.1) is 0 Å². The first-order valence-corrected chi connectivity index (χ1v) is 7.17. The number of carbonyl (C=O) groups excluding carboxylic acids is 1. The van der Waals surface area contributed by atoms with Crippen LogP contribution in [0.4, 0.5) is 23.7 Å². The van der Waals surface area contributed by atoms with Crippen LogP contribution in [0.3, 0.4) is 0 Å². The fourth-order valence-electron chi connectivity index (χ4n) is 3.25. The van der Waals surface area contributed by atoms with Crippen LogP contribution in [-0.4, -0.2) is 31.3 Å². The van der Waals surface area contributed by atoms with Gasteiger partial charge in [-0.2, -0.15) is 13.2 Å². The Morgan fingerprint density at radius 2 is 2.18 bits per heavy atom. The molecule has 1 amide bonds. The molecule has 0 bridgehead atoms. The van der Waals surface area contributed by atoms with Gasteiger partial charge in [0.05, 0.1) is 11.1 Å². The number of alkyl halides is 3. The van der Waals surface area contributed by atoms with Crippen molar-refractivity contribution < 1.29 is 22.7 Å². The van der Waals surface area contributed by atoms with Crippen molar-refractivity contribution in [1.82, 2.24) is 5.32 Å². The quantitative estimate of drug-likeness (QED) is 0.912. The van der Waals surface area contributed by atoms with Gasteiger partial charge in [-0.1, -0.05) is 6.07 Å². The van der Waals surface area contributed by atoms with Crippen LogP contribution in [0.15, 0.2) is 24.3 Å². The molecule has 22 heavy (non-hydrogen) atoms. The lowest BCUT2D eigenvalue weighted by Gasteiger charge is -2.37. The molecule has 2 unspecified atom stereocenters. The van der Waals surface area contributed by atoms with Crippen molar-refractivity contribution in [3.05, 3.63) is 29.8 Å². The van der Waals surface area contributed by atoms with Gasteiger partial charge in [0.25, 0.3) is 0 Å². The number of halogens is 3. The average Bonchev–Trinajstić information content (AvgIpc) is 3.08. The molecule has 2 saturated heterocycles. The van der Waals surface area contributed by atoms with Crippen molar-refractivity contribution in [1.29, 1.82) is 0 Å². The summed E-state index contributed by atoms with van der Waals surface area (Å²) in [6.45, 7) is 3.62. The number of rotatable bonds is 2. The van der Waals surface area contributed by atoms with Crippen LogP contribution in [0.1, 0.15) is 18.9 Å². The zero-order chi connectivity index (χ0) is 16.0. The maximum absolute atomic E-state index is 12.9. The summed E-state index contributed by atoms with van der Waals surface area (Å²) in [4.78, 5) is 13.5. The zero-order valence-corrected chi connectivity index (χ0v) is 12.1. The molecule has 1 N–H and O–H groups in total. The van der Waals surface area contributed by atoms with Crippen molar-refractivity contribution in [2.45, 2.75) is 25.1 Å². The second-order valence-corrected chi connectivity index (χ2v) is 5.98. The van der Waals surface area contributed by atoms with E-state index in [1.807, 2.05) is 6.92 Å². The van der Waals surface area contributed by atoms with Gasteiger partial charge in [-0.3, -0.25) is 4.90 Å². The molecule has 1 aromatic rings. The minimum atomic E-state index is -4.44. The van der Waals surface area contributed by atoms with E-state index in [4.69, 9.17) is 4.74 Å². The SMILES string of the molecule is CC1(C2CCNC2)COC(=O)N1c1cccc(C(F)(F)F)c1. The molecule has 120 valence electrons. The smallest absolute Gasteiger partial charge is 0.416 e. The normalized spacial score (nSPS) is 29.0. The van der Waals surface area contributed by atoms with Crippen molar-refractivity contribution in [3.63, 3.8) is 0 Å². The van der Waals surface area contributed by atoms with Gasteiger partial charge >= 0.3 is 12.3 Å². The molecule has 0 aromatic heterocycles. The molecule has 2 fully saturated rings. The van der Waals surface area contributed by atoms with Crippen molar-refractivity contribution in [2.24, 2.45) is 5.92 Å². The van der Waals surface area contributed by atoms with Gasteiger partial charge in [0, 0.05) is 12.2 Å². The Morgan fingerprint density at radius 3 is 2.82 bits per heavy atom. The van der Waals surface area contributed by atoms with Crippen molar-refractivity contribution >= 4 is 11.8 Å². The molecule has 2 aliphatic heterocycles. The number of hydrogen-bond donors (Lipinski definition) is 1. The highest BCUT2D eigenvalue weighted by Crippen LogP contribution is 2.40. The summed E-state index contributed by atoms with van der Waals surface area (Å²) in [6.07, 6.45) is -4.16. The van der Waals surface area contributed by atoms with E-state index in [1.165, 1.54) is 17.0 Å². The van der Waals surface area contributed by atoms with E-state index in [9.17, 15) is 18.0 Å². The highest BCUT2D eigenvalue weighted by Gasteiger charge is 2.50. The second kappa shape index (κ2) is 5.15. The molecule has 2 heterocycles. The molecule has 0 radical (unpaired) electrons. The number of nitrogens with one attached hydrogen (secondary N) is 1.